The van der Waals surface area contributed by atoms with Gasteiger partial charge in [-0.1, -0.05) is 12.1 Å². The van der Waals surface area contributed by atoms with Gasteiger partial charge in [0.25, 0.3) is 11.5 Å². The van der Waals surface area contributed by atoms with Crippen molar-refractivity contribution in [3.05, 3.63) is 57.2 Å². The molecule has 4 aromatic rings. The van der Waals surface area contributed by atoms with Crippen LogP contribution < -0.4 is 10.9 Å². The minimum absolute atomic E-state index is 0.125. The maximum atomic E-state index is 12.6. The van der Waals surface area contributed by atoms with E-state index in [2.05, 4.69) is 25.9 Å². The fraction of sp³-hybridized carbons (Fsp3) is 0.300. The minimum atomic E-state index is -0.158. The summed E-state index contributed by atoms with van der Waals surface area (Å²) >= 11 is 1.26. The third-order valence-corrected chi connectivity index (χ3v) is 6.10. The van der Waals surface area contributed by atoms with Crippen LogP contribution in [0.2, 0.25) is 0 Å². The number of para-hydroxylation sites is 2. The summed E-state index contributed by atoms with van der Waals surface area (Å²) in [6.07, 6.45) is 2.27. The van der Waals surface area contributed by atoms with Gasteiger partial charge in [0.2, 0.25) is 0 Å². The van der Waals surface area contributed by atoms with Crippen molar-refractivity contribution < 1.29 is 4.79 Å². The molecular weight excluding hydrogens is 374 g/mol. The van der Waals surface area contributed by atoms with Crippen LogP contribution in [0.1, 0.15) is 27.5 Å². The molecule has 0 fully saturated rings. The summed E-state index contributed by atoms with van der Waals surface area (Å²) in [5, 5.41) is 3.49. The molecule has 144 valence electrons. The number of rotatable bonds is 5. The van der Waals surface area contributed by atoms with Crippen LogP contribution in [0.5, 0.6) is 0 Å². The maximum Gasteiger partial charge on any atom is 0.262 e. The van der Waals surface area contributed by atoms with Crippen molar-refractivity contribution in [3.8, 4) is 0 Å². The summed E-state index contributed by atoms with van der Waals surface area (Å²) in [5.74, 6) is 0.810. The number of imidazole rings is 1. The summed E-state index contributed by atoms with van der Waals surface area (Å²) in [5.41, 5.74) is 2.66. The van der Waals surface area contributed by atoms with Gasteiger partial charge in [-0.3, -0.25) is 9.59 Å². The lowest BCUT2D eigenvalue weighted by molar-refractivity contribution is 0.0956. The number of nitrogens with zero attached hydrogens (tertiary/aromatic N) is 4. The van der Waals surface area contributed by atoms with E-state index >= 15 is 0 Å². The number of nitrogens with one attached hydrogen (secondary N) is 1. The Kier molecular flexibility index (Phi) is 4.72. The second-order valence-electron chi connectivity index (χ2n) is 6.81. The molecule has 1 N–H and O–H groups in total. The molecule has 8 heteroatoms. The van der Waals surface area contributed by atoms with Gasteiger partial charge in [0, 0.05) is 20.1 Å². The average molecular weight is 395 g/mol. The molecule has 0 saturated carbocycles. The number of fused-ring (bicyclic) bond motifs is 2. The summed E-state index contributed by atoms with van der Waals surface area (Å²) < 4.78 is 3.60. The molecule has 0 aliphatic heterocycles. The minimum Gasteiger partial charge on any atom is -0.351 e. The number of benzene rings is 1. The molecule has 0 aliphatic carbocycles. The van der Waals surface area contributed by atoms with Gasteiger partial charge in [0.15, 0.2) is 0 Å². The highest BCUT2D eigenvalue weighted by Crippen LogP contribution is 2.26. The van der Waals surface area contributed by atoms with Crippen molar-refractivity contribution >= 4 is 38.5 Å². The molecule has 1 aromatic carbocycles. The summed E-state index contributed by atoms with van der Waals surface area (Å²) in [6.45, 7) is 5.12. The molecule has 7 nitrogen and oxygen atoms in total. The molecule has 3 heterocycles. The first kappa shape index (κ1) is 18.4. The number of thiophene rings is 1. The third-order valence-electron chi connectivity index (χ3n) is 4.91. The van der Waals surface area contributed by atoms with E-state index < -0.39 is 0 Å². The van der Waals surface area contributed by atoms with E-state index in [1.165, 1.54) is 22.2 Å². The number of amides is 1. The normalized spacial score (nSPS) is 11.4. The fourth-order valence-corrected chi connectivity index (χ4v) is 4.48. The largest absolute Gasteiger partial charge is 0.351 e. The van der Waals surface area contributed by atoms with Gasteiger partial charge in [-0.2, -0.15) is 0 Å². The van der Waals surface area contributed by atoms with Crippen LogP contribution >= 0.6 is 11.3 Å². The van der Waals surface area contributed by atoms with Crippen LogP contribution in [-0.4, -0.2) is 31.6 Å². The van der Waals surface area contributed by atoms with Gasteiger partial charge in [-0.05, 0) is 38.0 Å². The van der Waals surface area contributed by atoms with E-state index in [1.54, 1.807) is 14.0 Å². The molecule has 0 spiro atoms. The highest BCUT2D eigenvalue weighted by atomic mass is 32.1. The third kappa shape index (κ3) is 3.09. The Hall–Kier alpha value is -3.00. The van der Waals surface area contributed by atoms with Crippen molar-refractivity contribution in [3.63, 3.8) is 0 Å². The Bertz CT molecular complexity index is 1250. The smallest absolute Gasteiger partial charge is 0.262 e. The fourth-order valence-electron chi connectivity index (χ4n) is 3.42. The molecule has 0 radical (unpaired) electrons. The van der Waals surface area contributed by atoms with Crippen LogP contribution in [0.15, 0.2) is 35.4 Å². The summed E-state index contributed by atoms with van der Waals surface area (Å²) in [4.78, 5) is 34.9. The Morgan fingerprint density at radius 2 is 2.04 bits per heavy atom. The number of carbonyl (C=O) groups is 1. The highest BCUT2D eigenvalue weighted by molar-refractivity contribution is 7.20. The van der Waals surface area contributed by atoms with Gasteiger partial charge in [-0.25, -0.2) is 9.97 Å². The molecule has 4 rings (SSSR count). The Morgan fingerprint density at radius 1 is 1.25 bits per heavy atom. The number of aryl methyl sites for hydroxylation is 4. The lowest BCUT2D eigenvalue weighted by atomic mass is 10.2. The number of hydrogen-bond donors (Lipinski definition) is 1. The predicted molar refractivity (Wildman–Crippen MR) is 111 cm³/mol. The monoisotopic (exact) mass is 395 g/mol. The van der Waals surface area contributed by atoms with E-state index in [-0.39, 0.29) is 11.5 Å². The van der Waals surface area contributed by atoms with Crippen molar-refractivity contribution in [1.82, 2.24) is 24.4 Å². The highest BCUT2D eigenvalue weighted by Gasteiger charge is 2.18. The quantitative estimate of drug-likeness (QED) is 0.527. The zero-order chi connectivity index (χ0) is 19.8. The predicted octanol–water partition coefficient (Wildman–Crippen LogP) is 2.78. The van der Waals surface area contributed by atoms with Crippen LogP contribution in [0.25, 0.3) is 21.3 Å². The topological polar surface area (TPSA) is 81.8 Å². The Morgan fingerprint density at radius 3 is 2.86 bits per heavy atom. The second-order valence-corrected chi connectivity index (χ2v) is 7.80. The molecule has 28 heavy (non-hydrogen) atoms. The summed E-state index contributed by atoms with van der Waals surface area (Å²) in [6, 6.07) is 8.05. The molecule has 0 atom stereocenters. The zero-order valence-electron chi connectivity index (χ0n) is 16.0. The van der Waals surface area contributed by atoms with Gasteiger partial charge >= 0.3 is 0 Å². The van der Waals surface area contributed by atoms with E-state index in [0.717, 1.165) is 29.8 Å². The molecule has 0 aliphatic rings. The first-order valence-electron chi connectivity index (χ1n) is 9.12. The molecular formula is C20H21N5O2S. The lowest BCUT2D eigenvalue weighted by Gasteiger charge is -2.08. The van der Waals surface area contributed by atoms with Gasteiger partial charge in [0.1, 0.15) is 10.7 Å². The molecule has 3 aromatic heterocycles. The number of aromatic nitrogens is 4. The number of hydrogen-bond acceptors (Lipinski definition) is 5. The van der Waals surface area contributed by atoms with Crippen molar-refractivity contribution in [2.45, 2.75) is 26.8 Å². The average Bonchev–Trinajstić information content (AvgIpc) is 3.18. The van der Waals surface area contributed by atoms with Crippen LogP contribution in [-0.2, 0) is 13.6 Å². The van der Waals surface area contributed by atoms with Crippen molar-refractivity contribution in [1.29, 1.82) is 0 Å². The van der Waals surface area contributed by atoms with Gasteiger partial charge in [0.05, 0.1) is 27.6 Å². The second kappa shape index (κ2) is 7.20. The summed E-state index contributed by atoms with van der Waals surface area (Å²) in [7, 11) is 1.66. The standard InChI is InChI=1S/C20H21N5O2S/c1-12-16-19(22-11-24(3)20(16)27)28-17(12)18(26)21-9-6-10-25-13(2)23-14-7-4-5-8-15(14)25/h4-5,7-8,11H,6,9-10H2,1-3H3,(H,21,26). The SMILES string of the molecule is Cc1c(C(=O)NCCCn2c(C)nc3ccccc32)sc2ncn(C)c(=O)c12. The van der Waals surface area contributed by atoms with Crippen molar-refractivity contribution in [2.75, 3.05) is 6.54 Å². The Labute approximate surface area is 165 Å². The van der Waals surface area contributed by atoms with Crippen molar-refractivity contribution in [2.24, 2.45) is 7.05 Å². The lowest BCUT2D eigenvalue weighted by Crippen LogP contribution is -2.25. The van der Waals surface area contributed by atoms with Gasteiger partial charge in [-0.15, -0.1) is 11.3 Å². The molecule has 0 unspecified atom stereocenters. The zero-order valence-corrected chi connectivity index (χ0v) is 16.8. The maximum absolute atomic E-state index is 12.6. The van der Waals surface area contributed by atoms with E-state index in [1.807, 2.05) is 25.1 Å². The van der Waals surface area contributed by atoms with Crippen LogP contribution in [0.3, 0.4) is 0 Å². The molecule has 0 saturated heterocycles. The van der Waals surface area contributed by atoms with E-state index in [9.17, 15) is 9.59 Å². The van der Waals surface area contributed by atoms with Crippen LogP contribution in [0.4, 0.5) is 0 Å². The molecule has 0 bridgehead atoms. The molecule has 1 amide bonds. The van der Waals surface area contributed by atoms with Gasteiger partial charge < -0.3 is 14.5 Å². The van der Waals surface area contributed by atoms with E-state index in [0.29, 0.717) is 27.2 Å². The first-order valence-corrected chi connectivity index (χ1v) is 9.94. The Balaban J connectivity index is 1.44. The first-order chi connectivity index (χ1) is 13.5. The van der Waals surface area contributed by atoms with E-state index in [4.69, 9.17) is 0 Å². The number of carbonyl (C=O) groups excluding carboxylic acids is 1. The van der Waals surface area contributed by atoms with Crippen LogP contribution in [0, 0.1) is 13.8 Å².